The lowest BCUT2D eigenvalue weighted by Gasteiger charge is -2.54. The van der Waals surface area contributed by atoms with Crippen LogP contribution in [0.25, 0.3) is 0 Å². The van der Waals surface area contributed by atoms with E-state index >= 15 is 0 Å². The molecule has 42 heavy (non-hydrogen) atoms. The summed E-state index contributed by atoms with van der Waals surface area (Å²) in [7, 11) is -0.946. The van der Waals surface area contributed by atoms with Crippen molar-refractivity contribution >= 4 is 43.0 Å². The normalized spacial score (nSPS) is 19.1. The molecule has 10 nitrogen and oxygen atoms in total. The number of β-lactam (4-membered cyclic amide) rings is 1. The average Bonchev–Trinajstić information content (AvgIpc) is 2.89. The number of hydrogen-bond donors (Lipinski definition) is 0. The number of carbonyl (C=O) groups excluding carboxylic acids is 4. The van der Waals surface area contributed by atoms with E-state index in [2.05, 4.69) is 33.9 Å². The molecule has 1 amide bonds. The molecule has 0 unspecified atom stereocenters. The van der Waals surface area contributed by atoms with E-state index in [-0.39, 0.29) is 29.1 Å². The van der Waals surface area contributed by atoms with Gasteiger partial charge in [0, 0.05) is 7.11 Å². The summed E-state index contributed by atoms with van der Waals surface area (Å²) >= 11 is 0.827. The first-order valence-corrected chi connectivity index (χ1v) is 17.5. The van der Waals surface area contributed by atoms with Gasteiger partial charge < -0.3 is 23.4 Å². The number of nitrogens with zero attached hydrogens (tertiary/aromatic N) is 1. The number of hydrogen-bond acceptors (Lipinski definition) is 10. The van der Waals surface area contributed by atoms with Crippen molar-refractivity contribution in [3.05, 3.63) is 41.6 Å². The van der Waals surface area contributed by atoms with Crippen LogP contribution in [0.5, 0.6) is 5.75 Å². The van der Waals surface area contributed by atoms with Gasteiger partial charge in [-0.15, -0.1) is 0 Å². The smallest absolute Gasteiger partial charge is 0.357 e. The quantitative estimate of drug-likeness (QED) is 0.100. The molecule has 1 aliphatic heterocycles. The number of esters is 2. The summed E-state index contributed by atoms with van der Waals surface area (Å²) in [5.41, 5.74) is -1.93. The van der Waals surface area contributed by atoms with Crippen LogP contribution < -0.4 is 4.74 Å². The van der Waals surface area contributed by atoms with Crippen LogP contribution in [0.4, 0.5) is 0 Å². The Morgan fingerprint density at radius 3 is 2.10 bits per heavy atom. The van der Waals surface area contributed by atoms with Crippen molar-refractivity contribution < 1.29 is 42.6 Å². The van der Waals surface area contributed by atoms with E-state index in [1.807, 2.05) is 6.07 Å². The number of allylic oxidation sites excluding steroid dienone is 1. The minimum atomic E-state index is -2.33. The summed E-state index contributed by atoms with van der Waals surface area (Å²) in [6.45, 7) is 17.6. The minimum Gasteiger partial charge on any atom is -0.485 e. The number of methoxy groups -OCH3 is 1. The second-order valence-corrected chi connectivity index (χ2v) is 18.8. The van der Waals surface area contributed by atoms with Gasteiger partial charge in [-0.25, -0.2) is 4.79 Å². The maximum absolute atomic E-state index is 13.9. The standard InChI is InChI=1S/C30H45NO9SSi/c1-20(2)23(24(33)38-19-39-27(35)28(3,4)5)31-25(34)30(36-9,18-40-42(10,11)29(6,7)8)26(31)41-22(32)17-37-21-15-13-12-14-16-21/h12-16,26H,17-19H2,1-11H3/t26-,30+/m1/s1. The van der Waals surface area contributed by atoms with Crippen LogP contribution in [0.3, 0.4) is 0 Å². The molecule has 0 aromatic heterocycles. The summed E-state index contributed by atoms with van der Waals surface area (Å²) in [5, 5.41) is -1.48. The molecule has 0 radical (unpaired) electrons. The molecule has 0 saturated carbocycles. The van der Waals surface area contributed by atoms with Crippen molar-refractivity contribution in [1.82, 2.24) is 4.90 Å². The molecular weight excluding hydrogens is 578 g/mol. The van der Waals surface area contributed by atoms with Gasteiger partial charge in [0.1, 0.15) is 16.8 Å². The van der Waals surface area contributed by atoms with Gasteiger partial charge in [0.05, 0.1) is 12.0 Å². The number of benzene rings is 1. The van der Waals surface area contributed by atoms with Crippen LogP contribution in [-0.4, -0.2) is 74.3 Å². The maximum Gasteiger partial charge on any atom is 0.357 e. The van der Waals surface area contributed by atoms with Crippen LogP contribution in [-0.2, 0) is 37.8 Å². The average molecular weight is 624 g/mol. The summed E-state index contributed by atoms with van der Waals surface area (Å²) in [5.74, 6) is -1.45. The van der Waals surface area contributed by atoms with Crippen LogP contribution in [0, 0.1) is 5.41 Å². The number of ether oxygens (including phenoxy) is 4. The Balaban J connectivity index is 2.35. The van der Waals surface area contributed by atoms with Crippen molar-refractivity contribution in [2.75, 3.05) is 27.1 Å². The first-order valence-electron chi connectivity index (χ1n) is 13.7. The van der Waals surface area contributed by atoms with E-state index in [0.29, 0.717) is 11.3 Å². The third kappa shape index (κ3) is 8.24. The molecule has 12 heteroatoms. The lowest BCUT2D eigenvalue weighted by molar-refractivity contribution is -0.192. The summed E-state index contributed by atoms with van der Waals surface area (Å²) in [4.78, 5) is 53.6. The number of likely N-dealkylation sites (tertiary alicyclic amines) is 1. The molecule has 234 valence electrons. The fourth-order valence-corrected chi connectivity index (χ4v) is 5.74. The molecule has 1 aliphatic rings. The predicted molar refractivity (Wildman–Crippen MR) is 163 cm³/mol. The predicted octanol–water partition coefficient (Wildman–Crippen LogP) is 5.28. The Bertz CT molecular complexity index is 1180. The highest BCUT2D eigenvalue weighted by molar-refractivity contribution is 8.14. The lowest BCUT2D eigenvalue weighted by Crippen LogP contribution is -2.76. The molecule has 1 fully saturated rings. The molecule has 1 saturated heterocycles. The number of thioether (sulfide) groups is 1. The van der Waals surface area contributed by atoms with E-state index in [1.54, 1.807) is 58.9 Å². The van der Waals surface area contributed by atoms with Crippen molar-refractivity contribution in [2.24, 2.45) is 5.41 Å². The SMILES string of the molecule is CO[C@@]1(CO[Si](C)(C)C(C)(C)C)C(=O)N(C(C(=O)OCOC(=O)C(C)(C)C)=C(C)C)[C@@H]1SC(=O)COc1ccccc1. The third-order valence-corrected chi connectivity index (χ3v) is 12.9. The first-order chi connectivity index (χ1) is 19.3. The molecule has 2 rings (SSSR count). The minimum absolute atomic E-state index is 0.0684. The molecule has 1 aromatic rings. The van der Waals surface area contributed by atoms with Gasteiger partial charge in [-0.1, -0.05) is 50.7 Å². The zero-order chi connectivity index (χ0) is 32.1. The van der Waals surface area contributed by atoms with Crippen LogP contribution in [0.15, 0.2) is 41.6 Å². The van der Waals surface area contributed by atoms with Gasteiger partial charge in [0.15, 0.2) is 20.5 Å². The zero-order valence-electron chi connectivity index (χ0n) is 26.6. The molecule has 0 aliphatic carbocycles. The number of carbonyl (C=O) groups is 4. The topological polar surface area (TPSA) is 118 Å². The molecule has 0 spiro atoms. The van der Waals surface area contributed by atoms with Crippen molar-refractivity contribution in [1.29, 1.82) is 0 Å². The molecule has 0 bridgehead atoms. The maximum atomic E-state index is 13.9. The molecule has 1 aromatic carbocycles. The first kappa shape index (κ1) is 35.5. The number of para-hydroxylation sites is 1. The van der Waals surface area contributed by atoms with Gasteiger partial charge in [-0.2, -0.15) is 0 Å². The van der Waals surface area contributed by atoms with Crippen LogP contribution in [0.2, 0.25) is 18.1 Å². The van der Waals surface area contributed by atoms with Gasteiger partial charge in [-0.05, 0) is 70.5 Å². The fourth-order valence-electron chi connectivity index (χ4n) is 3.59. The Kier molecular flexibility index (Phi) is 11.6. The third-order valence-electron chi connectivity index (χ3n) is 7.28. The van der Waals surface area contributed by atoms with Crippen molar-refractivity contribution in [2.45, 2.75) is 84.5 Å². The highest BCUT2D eigenvalue weighted by atomic mass is 32.2. The van der Waals surface area contributed by atoms with E-state index in [4.69, 9.17) is 23.4 Å². The van der Waals surface area contributed by atoms with Gasteiger partial charge in [0.2, 0.25) is 11.9 Å². The summed E-state index contributed by atoms with van der Waals surface area (Å²) < 4.78 is 28.1. The highest BCUT2D eigenvalue weighted by Gasteiger charge is 2.65. The Hall–Kier alpha value is -2.67. The van der Waals surface area contributed by atoms with E-state index < -0.39 is 49.3 Å². The summed E-state index contributed by atoms with van der Waals surface area (Å²) in [6, 6.07) is 8.87. The molecule has 2 atom stereocenters. The Morgan fingerprint density at radius 2 is 1.60 bits per heavy atom. The zero-order valence-corrected chi connectivity index (χ0v) is 28.4. The largest absolute Gasteiger partial charge is 0.485 e. The second kappa shape index (κ2) is 13.7. The number of amides is 1. The Labute approximate surface area is 254 Å². The molecule has 0 N–H and O–H groups in total. The van der Waals surface area contributed by atoms with Gasteiger partial charge >= 0.3 is 11.9 Å². The van der Waals surface area contributed by atoms with E-state index in [0.717, 1.165) is 11.8 Å². The van der Waals surface area contributed by atoms with Crippen molar-refractivity contribution in [3.8, 4) is 5.75 Å². The second-order valence-electron chi connectivity index (χ2n) is 12.8. The Morgan fingerprint density at radius 1 is 1.00 bits per heavy atom. The number of rotatable bonds is 12. The fraction of sp³-hybridized carbons (Fsp3) is 0.600. The molecular formula is C30H45NO9SSi. The van der Waals surface area contributed by atoms with Crippen LogP contribution in [0.1, 0.15) is 55.4 Å². The van der Waals surface area contributed by atoms with Crippen LogP contribution >= 0.6 is 11.8 Å². The van der Waals surface area contributed by atoms with E-state index in [9.17, 15) is 19.2 Å². The highest BCUT2D eigenvalue weighted by Crippen LogP contribution is 2.46. The van der Waals surface area contributed by atoms with E-state index in [1.165, 1.54) is 12.0 Å². The van der Waals surface area contributed by atoms with Crippen molar-refractivity contribution in [3.63, 3.8) is 0 Å². The monoisotopic (exact) mass is 623 g/mol. The summed E-state index contributed by atoms with van der Waals surface area (Å²) in [6.07, 6.45) is 0. The van der Waals surface area contributed by atoms with Gasteiger partial charge in [-0.3, -0.25) is 19.3 Å². The lowest BCUT2D eigenvalue weighted by atomic mass is 9.91. The van der Waals surface area contributed by atoms with Gasteiger partial charge in [0.25, 0.3) is 5.91 Å². The molecule has 1 heterocycles.